The SMILES string of the molecule is COCO[C@@H]1C[C@@]2(COC(C)(C)O2)C(=O)C2OC3(CCCCC3)O[C@H]21. The van der Waals surface area contributed by atoms with Crippen molar-refractivity contribution < 1.29 is 33.2 Å². The van der Waals surface area contributed by atoms with E-state index in [2.05, 4.69) is 0 Å². The molecule has 2 saturated heterocycles. The van der Waals surface area contributed by atoms with Crippen LogP contribution in [-0.2, 0) is 33.2 Å². The number of hydrogen-bond acceptors (Lipinski definition) is 7. The molecule has 25 heavy (non-hydrogen) atoms. The first-order valence-corrected chi connectivity index (χ1v) is 9.23. The van der Waals surface area contributed by atoms with Crippen molar-refractivity contribution in [1.29, 1.82) is 0 Å². The fourth-order valence-corrected chi connectivity index (χ4v) is 4.59. The molecule has 2 heterocycles. The van der Waals surface area contributed by atoms with Crippen LogP contribution in [0.4, 0.5) is 0 Å². The van der Waals surface area contributed by atoms with Gasteiger partial charge in [-0.05, 0) is 26.7 Å². The average Bonchev–Trinajstić information content (AvgIpc) is 3.09. The zero-order valence-corrected chi connectivity index (χ0v) is 15.2. The molecule has 2 aliphatic heterocycles. The van der Waals surface area contributed by atoms with Crippen LogP contribution in [0.3, 0.4) is 0 Å². The molecule has 4 fully saturated rings. The van der Waals surface area contributed by atoms with Gasteiger partial charge in [0.2, 0.25) is 0 Å². The van der Waals surface area contributed by atoms with Crippen molar-refractivity contribution in [2.45, 2.75) is 87.9 Å². The molecular weight excluding hydrogens is 328 g/mol. The molecule has 2 aliphatic carbocycles. The predicted octanol–water partition coefficient (Wildman–Crippen LogP) is 1.91. The second-order valence-corrected chi connectivity index (χ2v) is 8.06. The van der Waals surface area contributed by atoms with Crippen LogP contribution < -0.4 is 0 Å². The van der Waals surface area contributed by atoms with Crippen LogP contribution in [0.25, 0.3) is 0 Å². The lowest BCUT2D eigenvalue weighted by atomic mass is 9.79. The summed E-state index contributed by atoms with van der Waals surface area (Å²) in [6.45, 7) is 3.99. The summed E-state index contributed by atoms with van der Waals surface area (Å²) in [5.74, 6) is -1.53. The molecule has 0 aromatic rings. The van der Waals surface area contributed by atoms with Crippen molar-refractivity contribution >= 4 is 5.78 Å². The van der Waals surface area contributed by atoms with Gasteiger partial charge >= 0.3 is 0 Å². The number of ketones is 1. The van der Waals surface area contributed by atoms with Gasteiger partial charge in [-0.2, -0.15) is 0 Å². The number of fused-ring (bicyclic) bond motifs is 1. The number of carbonyl (C=O) groups excluding carboxylic acids is 1. The zero-order chi connectivity index (χ0) is 17.7. The van der Waals surface area contributed by atoms with Gasteiger partial charge in [-0.3, -0.25) is 4.79 Å². The van der Waals surface area contributed by atoms with Gasteiger partial charge in [0.25, 0.3) is 0 Å². The molecule has 0 N–H and O–H groups in total. The molecule has 7 heteroatoms. The maximum Gasteiger partial charge on any atom is 0.198 e. The smallest absolute Gasteiger partial charge is 0.198 e. The highest BCUT2D eigenvalue weighted by Gasteiger charge is 2.65. The Hall–Kier alpha value is -0.570. The van der Waals surface area contributed by atoms with E-state index in [1.165, 1.54) is 6.42 Å². The maximum absolute atomic E-state index is 13.3. The Morgan fingerprint density at radius 1 is 1.16 bits per heavy atom. The summed E-state index contributed by atoms with van der Waals surface area (Å²) < 4.78 is 35.3. The Morgan fingerprint density at radius 3 is 2.56 bits per heavy atom. The third-order valence-electron chi connectivity index (χ3n) is 5.71. The van der Waals surface area contributed by atoms with Crippen molar-refractivity contribution in [1.82, 2.24) is 0 Å². The van der Waals surface area contributed by atoms with Gasteiger partial charge in [0.05, 0.1) is 12.7 Å². The Balaban J connectivity index is 1.61. The lowest BCUT2D eigenvalue weighted by Gasteiger charge is -2.40. The number of rotatable bonds is 3. The van der Waals surface area contributed by atoms with Crippen LogP contribution >= 0.6 is 0 Å². The third-order valence-corrected chi connectivity index (χ3v) is 5.71. The normalized spacial score (nSPS) is 42.2. The topological polar surface area (TPSA) is 72.5 Å². The summed E-state index contributed by atoms with van der Waals surface area (Å²) in [6.07, 6.45) is 3.88. The fraction of sp³-hybridized carbons (Fsp3) is 0.944. The van der Waals surface area contributed by atoms with E-state index in [4.69, 9.17) is 28.4 Å². The Morgan fingerprint density at radius 2 is 1.92 bits per heavy atom. The van der Waals surface area contributed by atoms with E-state index in [-0.39, 0.29) is 25.3 Å². The molecule has 1 unspecified atom stereocenters. The van der Waals surface area contributed by atoms with Gasteiger partial charge in [0, 0.05) is 26.4 Å². The van der Waals surface area contributed by atoms with Crippen LogP contribution in [0.5, 0.6) is 0 Å². The molecule has 7 nitrogen and oxygen atoms in total. The quantitative estimate of drug-likeness (QED) is 0.715. The number of carbonyl (C=O) groups is 1. The van der Waals surface area contributed by atoms with E-state index >= 15 is 0 Å². The lowest BCUT2D eigenvalue weighted by Crippen LogP contribution is -2.61. The monoisotopic (exact) mass is 356 g/mol. The Kier molecular flexibility index (Phi) is 4.46. The van der Waals surface area contributed by atoms with Crippen molar-refractivity contribution in [3.63, 3.8) is 0 Å². The van der Waals surface area contributed by atoms with Gasteiger partial charge in [-0.1, -0.05) is 6.42 Å². The highest BCUT2D eigenvalue weighted by atomic mass is 16.8. The van der Waals surface area contributed by atoms with E-state index in [1.807, 2.05) is 13.8 Å². The van der Waals surface area contributed by atoms with Gasteiger partial charge in [-0.15, -0.1) is 0 Å². The minimum absolute atomic E-state index is 0.0807. The largest absolute Gasteiger partial charge is 0.359 e. The summed E-state index contributed by atoms with van der Waals surface area (Å²) in [4.78, 5) is 13.3. The van der Waals surface area contributed by atoms with Gasteiger partial charge in [-0.25, -0.2) is 0 Å². The molecule has 0 amide bonds. The molecule has 142 valence electrons. The first kappa shape index (κ1) is 17.8. The molecular formula is C18H28O7. The van der Waals surface area contributed by atoms with Crippen molar-refractivity contribution in [2.75, 3.05) is 20.5 Å². The molecule has 0 radical (unpaired) electrons. The van der Waals surface area contributed by atoms with Gasteiger partial charge in [0.1, 0.15) is 12.9 Å². The second kappa shape index (κ2) is 6.25. The van der Waals surface area contributed by atoms with Gasteiger partial charge < -0.3 is 28.4 Å². The molecule has 0 aromatic carbocycles. The van der Waals surface area contributed by atoms with Crippen LogP contribution in [0.15, 0.2) is 0 Å². The maximum atomic E-state index is 13.3. The van der Waals surface area contributed by atoms with E-state index < -0.39 is 29.4 Å². The first-order chi connectivity index (χ1) is 11.9. The number of methoxy groups -OCH3 is 1. The number of hydrogen-bond donors (Lipinski definition) is 0. The molecule has 4 rings (SSSR count). The minimum atomic E-state index is -1.04. The molecule has 0 aromatic heterocycles. The minimum Gasteiger partial charge on any atom is -0.359 e. The summed E-state index contributed by atoms with van der Waals surface area (Å²) in [5, 5.41) is 0. The van der Waals surface area contributed by atoms with Crippen LogP contribution in [-0.4, -0.2) is 61.8 Å². The zero-order valence-electron chi connectivity index (χ0n) is 15.2. The average molecular weight is 356 g/mol. The van der Waals surface area contributed by atoms with Crippen LogP contribution in [0.1, 0.15) is 52.4 Å². The lowest BCUT2D eigenvalue weighted by molar-refractivity contribution is -0.210. The van der Waals surface area contributed by atoms with Crippen molar-refractivity contribution in [3.05, 3.63) is 0 Å². The summed E-state index contributed by atoms with van der Waals surface area (Å²) in [6, 6.07) is 0. The highest BCUT2D eigenvalue weighted by molar-refractivity contribution is 5.93. The van der Waals surface area contributed by atoms with Crippen LogP contribution in [0, 0.1) is 0 Å². The Bertz CT molecular complexity index is 528. The predicted molar refractivity (Wildman–Crippen MR) is 85.8 cm³/mol. The molecule has 0 bridgehead atoms. The van der Waals surface area contributed by atoms with Crippen molar-refractivity contribution in [2.24, 2.45) is 0 Å². The van der Waals surface area contributed by atoms with Crippen LogP contribution in [0.2, 0.25) is 0 Å². The van der Waals surface area contributed by atoms with E-state index in [1.54, 1.807) is 7.11 Å². The highest BCUT2D eigenvalue weighted by Crippen LogP contribution is 2.49. The second-order valence-electron chi connectivity index (χ2n) is 8.06. The van der Waals surface area contributed by atoms with E-state index in [0.717, 1.165) is 25.7 Å². The Labute approximate surface area is 148 Å². The molecule has 4 atom stereocenters. The number of ether oxygens (including phenoxy) is 6. The summed E-state index contributed by atoms with van der Waals surface area (Å²) in [7, 11) is 1.58. The molecule has 2 saturated carbocycles. The number of Topliss-reactive ketones (excluding diaryl/α,β-unsaturated/α-hetero) is 1. The van der Waals surface area contributed by atoms with Gasteiger partial charge in [0.15, 0.2) is 29.1 Å². The van der Waals surface area contributed by atoms with Crippen molar-refractivity contribution in [3.8, 4) is 0 Å². The standard InChI is InChI=1S/C18H28O7/c1-16(2)22-10-17(25-16)9-12(21-11-20-3)13-14(15(17)19)24-18(23-13)7-5-4-6-8-18/h12-14H,4-11H2,1-3H3/t12-,13+,14?,17-/m1/s1. The molecule has 2 spiro atoms. The summed E-state index contributed by atoms with van der Waals surface area (Å²) >= 11 is 0. The van der Waals surface area contributed by atoms with E-state index in [9.17, 15) is 4.79 Å². The summed E-state index contributed by atoms with van der Waals surface area (Å²) in [5.41, 5.74) is -1.04. The first-order valence-electron chi connectivity index (χ1n) is 9.23. The third kappa shape index (κ3) is 3.05. The fourth-order valence-electron chi connectivity index (χ4n) is 4.59. The molecule has 4 aliphatic rings. The van der Waals surface area contributed by atoms with E-state index in [0.29, 0.717) is 6.42 Å².